The summed E-state index contributed by atoms with van der Waals surface area (Å²) in [6, 6.07) is 14.0. The van der Waals surface area contributed by atoms with Crippen LogP contribution >= 0.6 is 0 Å². The van der Waals surface area contributed by atoms with E-state index >= 15 is 0 Å². The molecule has 158 valence electrons. The van der Waals surface area contributed by atoms with Gasteiger partial charge in [0.05, 0.1) is 32.9 Å². The highest BCUT2D eigenvalue weighted by Gasteiger charge is 2.32. The summed E-state index contributed by atoms with van der Waals surface area (Å²) >= 11 is 0. The van der Waals surface area contributed by atoms with Crippen molar-refractivity contribution in [2.24, 2.45) is 0 Å². The zero-order valence-corrected chi connectivity index (χ0v) is 17.8. The molecule has 0 N–H and O–H groups in total. The fourth-order valence-electron chi connectivity index (χ4n) is 3.84. The number of fused-ring (bicyclic) bond motifs is 1. The van der Waals surface area contributed by atoms with Crippen LogP contribution in [-0.4, -0.2) is 52.0 Å². The van der Waals surface area contributed by atoms with E-state index in [9.17, 15) is 0 Å². The fraction of sp³-hybridized carbons (Fsp3) is 0.409. The first-order chi connectivity index (χ1) is 14.6. The van der Waals surface area contributed by atoms with Crippen LogP contribution in [0.5, 0.6) is 17.2 Å². The molecule has 1 atom stereocenters. The third-order valence-corrected chi connectivity index (χ3v) is 5.20. The molecule has 0 aliphatic carbocycles. The van der Waals surface area contributed by atoms with Gasteiger partial charge in [0.2, 0.25) is 0 Å². The van der Waals surface area contributed by atoms with Gasteiger partial charge < -0.3 is 14.2 Å². The third kappa shape index (κ3) is 4.09. The third-order valence-electron chi connectivity index (χ3n) is 5.20. The Morgan fingerprint density at radius 2 is 1.77 bits per heavy atom. The van der Waals surface area contributed by atoms with Gasteiger partial charge >= 0.3 is 0 Å². The highest BCUT2D eigenvalue weighted by Crippen LogP contribution is 2.34. The van der Waals surface area contributed by atoms with Crippen LogP contribution in [0, 0.1) is 0 Å². The number of nitrogens with zero attached hydrogens (tertiary/aromatic N) is 5. The van der Waals surface area contributed by atoms with Gasteiger partial charge in [0, 0.05) is 18.7 Å². The molecule has 0 amide bonds. The van der Waals surface area contributed by atoms with Crippen LogP contribution in [0.1, 0.15) is 36.8 Å². The SMILES string of the molecule is COc1ccc(OC)c(CN2CCn3nnnc3C2c2ccc(OC(C)C)cc2)c1. The molecule has 1 aromatic heterocycles. The van der Waals surface area contributed by atoms with Crippen LogP contribution in [0.2, 0.25) is 0 Å². The summed E-state index contributed by atoms with van der Waals surface area (Å²) in [5.74, 6) is 3.32. The molecular formula is C22H27N5O3. The van der Waals surface area contributed by atoms with Gasteiger partial charge in [0.15, 0.2) is 5.82 Å². The molecule has 0 saturated carbocycles. The summed E-state index contributed by atoms with van der Waals surface area (Å²) in [6.45, 7) is 6.27. The molecule has 2 heterocycles. The van der Waals surface area contributed by atoms with Gasteiger partial charge in [-0.25, -0.2) is 4.68 Å². The fourth-order valence-corrected chi connectivity index (χ4v) is 3.84. The van der Waals surface area contributed by atoms with Crippen LogP contribution in [0.25, 0.3) is 0 Å². The largest absolute Gasteiger partial charge is 0.497 e. The van der Waals surface area contributed by atoms with Gasteiger partial charge in [0.1, 0.15) is 17.2 Å². The summed E-state index contributed by atoms with van der Waals surface area (Å²) in [6.07, 6.45) is 0.134. The van der Waals surface area contributed by atoms with Crippen molar-refractivity contribution in [2.75, 3.05) is 20.8 Å². The van der Waals surface area contributed by atoms with E-state index in [0.29, 0.717) is 6.54 Å². The molecule has 30 heavy (non-hydrogen) atoms. The second-order valence-corrected chi connectivity index (χ2v) is 7.55. The minimum Gasteiger partial charge on any atom is -0.497 e. The second kappa shape index (κ2) is 8.71. The van der Waals surface area contributed by atoms with Crippen LogP contribution < -0.4 is 14.2 Å². The zero-order chi connectivity index (χ0) is 21.1. The first kappa shape index (κ1) is 20.2. The monoisotopic (exact) mass is 409 g/mol. The molecule has 4 rings (SSSR count). The van der Waals surface area contributed by atoms with Crippen LogP contribution in [0.4, 0.5) is 0 Å². The van der Waals surface area contributed by atoms with Crippen molar-refractivity contribution in [3.63, 3.8) is 0 Å². The van der Waals surface area contributed by atoms with Crippen molar-refractivity contribution in [3.05, 3.63) is 59.4 Å². The Morgan fingerprint density at radius 3 is 2.47 bits per heavy atom. The molecule has 0 fully saturated rings. The number of ether oxygens (including phenoxy) is 3. The lowest BCUT2D eigenvalue weighted by atomic mass is 10.0. The van der Waals surface area contributed by atoms with Crippen molar-refractivity contribution in [2.45, 2.75) is 39.1 Å². The summed E-state index contributed by atoms with van der Waals surface area (Å²) < 4.78 is 18.7. The van der Waals surface area contributed by atoms with E-state index in [0.717, 1.165) is 47.3 Å². The Balaban J connectivity index is 1.67. The average molecular weight is 409 g/mol. The van der Waals surface area contributed by atoms with Crippen LogP contribution in [0.3, 0.4) is 0 Å². The molecule has 3 aromatic rings. The summed E-state index contributed by atoms with van der Waals surface area (Å²) in [5.41, 5.74) is 2.17. The Hall–Kier alpha value is -3.13. The predicted octanol–water partition coefficient (Wildman–Crippen LogP) is 3.08. The number of hydrogen-bond donors (Lipinski definition) is 0. The first-order valence-corrected chi connectivity index (χ1v) is 10.1. The van der Waals surface area contributed by atoms with E-state index in [2.05, 4.69) is 32.6 Å². The Morgan fingerprint density at radius 1 is 1.00 bits per heavy atom. The number of rotatable bonds is 7. The van der Waals surface area contributed by atoms with E-state index in [1.54, 1.807) is 14.2 Å². The van der Waals surface area contributed by atoms with E-state index in [1.807, 2.05) is 48.9 Å². The van der Waals surface area contributed by atoms with Gasteiger partial charge in [-0.1, -0.05) is 12.1 Å². The van der Waals surface area contributed by atoms with Crippen molar-refractivity contribution in [1.29, 1.82) is 0 Å². The lowest BCUT2D eigenvalue weighted by molar-refractivity contribution is 0.162. The minimum absolute atomic E-state index is 0.0715. The summed E-state index contributed by atoms with van der Waals surface area (Å²) in [4.78, 5) is 2.36. The van der Waals surface area contributed by atoms with Crippen LogP contribution in [-0.2, 0) is 13.1 Å². The Labute approximate surface area is 176 Å². The molecule has 1 unspecified atom stereocenters. The van der Waals surface area contributed by atoms with Gasteiger partial charge in [-0.3, -0.25) is 4.90 Å². The van der Waals surface area contributed by atoms with Gasteiger partial charge in [-0.15, -0.1) is 5.10 Å². The average Bonchev–Trinajstić information content (AvgIpc) is 3.22. The minimum atomic E-state index is -0.0715. The van der Waals surface area contributed by atoms with E-state index in [-0.39, 0.29) is 12.1 Å². The standard InChI is InChI=1S/C22H27N5O3/c1-15(2)30-18-7-5-16(6-8-18)21-22-23-24-25-27(22)12-11-26(21)14-17-13-19(28-3)9-10-20(17)29-4/h5-10,13,15,21H,11-12,14H2,1-4H3. The summed E-state index contributed by atoms with van der Waals surface area (Å²) in [5, 5.41) is 12.4. The lowest BCUT2D eigenvalue weighted by Crippen LogP contribution is -2.39. The number of benzene rings is 2. The second-order valence-electron chi connectivity index (χ2n) is 7.55. The number of tetrazole rings is 1. The molecule has 0 saturated heterocycles. The first-order valence-electron chi connectivity index (χ1n) is 10.1. The normalized spacial score (nSPS) is 16.4. The van der Waals surface area contributed by atoms with Crippen molar-refractivity contribution < 1.29 is 14.2 Å². The molecular weight excluding hydrogens is 382 g/mol. The molecule has 8 heteroatoms. The Bertz CT molecular complexity index is 987. The van der Waals surface area contributed by atoms with Gasteiger partial charge in [-0.05, 0) is 60.2 Å². The van der Waals surface area contributed by atoms with Crippen molar-refractivity contribution in [1.82, 2.24) is 25.1 Å². The quantitative estimate of drug-likeness (QED) is 0.594. The molecule has 2 aromatic carbocycles. The summed E-state index contributed by atoms with van der Waals surface area (Å²) in [7, 11) is 3.36. The van der Waals surface area contributed by atoms with Crippen molar-refractivity contribution in [3.8, 4) is 17.2 Å². The highest BCUT2D eigenvalue weighted by atomic mass is 16.5. The zero-order valence-electron chi connectivity index (χ0n) is 17.8. The highest BCUT2D eigenvalue weighted by molar-refractivity contribution is 5.41. The number of methoxy groups -OCH3 is 2. The van der Waals surface area contributed by atoms with E-state index in [4.69, 9.17) is 14.2 Å². The molecule has 0 spiro atoms. The maximum atomic E-state index is 5.80. The number of hydrogen-bond acceptors (Lipinski definition) is 7. The maximum absolute atomic E-state index is 5.80. The maximum Gasteiger partial charge on any atom is 0.173 e. The smallest absolute Gasteiger partial charge is 0.173 e. The predicted molar refractivity (Wildman–Crippen MR) is 112 cm³/mol. The van der Waals surface area contributed by atoms with E-state index in [1.165, 1.54) is 0 Å². The van der Waals surface area contributed by atoms with Crippen molar-refractivity contribution >= 4 is 0 Å². The van der Waals surface area contributed by atoms with E-state index < -0.39 is 0 Å². The van der Waals surface area contributed by atoms with Crippen LogP contribution in [0.15, 0.2) is 42.5 Å². The lowest BCUT2D eigenvalue weighted by Gasteiger charge is -2.35. The Kier molecular flexibility index (Phi) is 5.85. The molecule has 1 aliphatic rings. The molecule has 1 aliphatic heterocycles. The van der Waals surface area contributed by atoms with Gasteiger partial charge in [-0.2, -0.15) is 0 Å². The topological polar surface area (TPSA) is 74.5 Å². The molecule has 8 nitrogen and oxygen atoms in total. The van der Waals surface area contributed by atoms with Gasteiger partial charge in [0.25, 0.3) is 0 Å². The molecule has 0 bridgehead atoms. The molecule has 0 radical (unpaired) electrons. The number of aromatic nitrogens is 4.